The molecule has 1 aromatic carbocycles. The van der Waals surface area contributed by atoms with Crippen LogP contribution in [0.3, 0.4) is 0 Å². The molecule has 1 aliphatic rings. The van der Waals surface area contributed by atoms with E-state index in [2.05, 4.69) is 13.8 Å². The molecule has 1 fully saturated rings. The van der Waals surface area contributed by atoms with Gasteiger partial charge in [-0.2, -0.15) is 0 Å². The summed E-state index contributed by atoms with van der Waals surface area (Å²) in [5.41, 5.74) is 0.525. The van der Waals surface area contributed by atoms with Gasteiger partial charge in [-0.1, -0.05) is 26.0 Å². The van der Waals surface area contributed by atoms with Gasteiger partial charge in [0.1, 0.15) is 5.82 Å². The molecule has 3 unspecified atom stereocenters. The van der Waals surface area contributed by atoms with Crippen LogP contribution < -0.4 is 0 Å². The Morgan fingerprint density at radius 3 is 2.65 bits per heavy atom. The predicted molar refractivity (Wildman–Crippen MR) is 66.4 cm³/mol. The van der Waals surface area contributed by atoms with Gasteiger partial charge in [0.2, 0.25) is 0 Å². The molecule has 1 nitrogen and oxygen atoms in total. The highest BCUT2D eigenvalue weighted by Gasteiger charge is 2.29. The molecule has 1 saturated carbocycles. The minimum atomic E-state index is -0.326. The second-order valence-electron chi connectivity index (χ2n) is 5.34. The fourth-order valence-corrected chi connectivity index (χ4v) is 2.66. The third kappa shape index (κ3) is 2.74. The van der Waals surface area contributed by atoms with Crippen LogP contribution in [0.5, 0.6) is 0 Å². The van der Waals surface area contributed by atoms with Crippen molar-refractivity contribution in [1.82, 2.24) is 0 Å². The van der Waals surface area contributed by atoms with E-state index in [0.717, 1.165) is 19.3 Å². The van der Waals surface area contributed by atoms with E-state index >= 15 is 0 Å². The molecule has 92 valence electrons. The first-order valence-corrected chi connectivity index (χ1v) is 6.37. The van der Waals surface area contributed by atoms with Crippen molar-refractivity contribution in [2.45, 2.75) is 33.1 Å². The lowest BCUT2D eigenvalue weighted by molar-refractivity contribution is 0.0837. The molecule has 0 aliphatic heterocycles. The van der Waals surface area contributed by atoms with Gasteiger partial charge in [-0.15, -0.1) is 0 Å². The predicted octanol–water partition coefficient (Wildman–Crippen LogP) is 4.08. The third-order valence-electron chi connectivity index (χ3n) is 4.08. The van der Waals surface area contributed by atoms with Crippen molar-refractivity contribution in [2.24, 2.45) is 17.8 Å². The molecule has 0 N–H and O–H groups in total. The van der Waals surface area contributed by atoms with Crippen molar-refractivity contribution in [3.63, 3.8) is 0 Å². The van der Waals surface area contributed by atoms with Crippen LogP contribution in [-0.4, -0.2) is 5.78 Å². The maximum Gasteiger partial charge on any atom is 0.166 e. The lowest BCUT2D eigenvalue weighted by Gasteiger charge is -2.31. The quantitative estimate of drug-likeness (QED) is 0.705. The number of ketones is 1. The average molecular weight is 234 g/mol. The van der Waals surface area contributed by atoms with Gasteiger partial charge in [-0.25, -0.2) is 4.39 Å². The van der Waals surface area contributed by atoms with Gasteiger partial charge in [0.05, 0.1) is 0 Å². The molecule has 0 spiro atoms. The highest BCUT2D eigenvalue weighted by molar-refractivity contribution is 5.97. The van der Waals surface area contributed by atoms with Gasteiger partial charge in [0, 0.05) is 11.5 Å². The van der Waals surface area contributed by atoms with E-state index in [1.54, 1.807) is 12.1 Å². The number of carbonyl (C=O) groups is 1. The van der Waals surface area contributed by atoms with E-state index in [1.165, 1.54) is 12.1 Å². The zero-order chi connectivity index (χ0) is 12.4. The zero-order valence-corrected chi connectivity index (χ0v) is 10.4. The van der Waals surface area contributed by atoms with Crippen molar-refractivity contribution in [1.29, 1.82) is 0 Å². The molecule has 0 radical (unpaired) electrons. The van der Waals surface area contributed by atoms with Crippen LogP contribution in [0.2, 0.25) is 0 Å². The van der Waals surface area contributed by atoms with Gasteiger partial charge in [-0.3, -0.25) is 4.79 Å². The first kappa shape index (κ1) is 12.3. The Balaban J connectivity index is 2.10. The molecule has 0 amide bonds. The van der Waals surface area contributed by atoms with Crippen molar-refractivity contribution in [2.75, 3.05) is 0 Å². The first-order valence-electron chi connectivity index (χ1n) is 6.37. The van der Waals surface area contributed by atoms with E-state index in [9.17, 15) is 9.18 Å². The van der Waals surface area contributed by atoms with Gasteiger partial charge in [0.25, 0.3) is 0 Å². The average Bonchev–Trinajstić information content (AvgIpc) is 2.32. The molecule has 3 atom stereocenters. The number of hydrogen-bond acceptors (Lipinski definition) is 1. The summed E-state index contributed by atoms with van der Waals surface area (Å²) in [4.78, 5) is 12.2. The van der Waals surface area contributed by atoms with Crippen LogP contribution in [0.25, 0.3) is 0 Å². The Kier molecular flexibility index (Phi) is 3.60. The summed E-state index contributed by atoms with van der Waals surface area (Å²) >= 11 is 0. The molecule has 1 aliphatic carbocycles. The zero-order valence-electron chi connectivity index (χ0n) is 10.4. The number of hydrogen-bond donors (Lipinski definition) is 0. The van der Waals surface area contributed by atoms with Crippen LogP contribution in [0.1, 0.15) is 43.5 Å². The van der Waals surface area contributed by atoms with E-state index in [4.69, 9.17) is 0 Å². The Hall–Kier alpha value is -1.18. The van der Waals surface area contributed by atoms with Gasteiger partial charge >= 0.3 is 0 Å². The Bertz CT molecular complexity index is 413. The van der Waals surface area contributed by atoms with E-state index < -0.39 is 0 Å². The topological polar surface area (TPSA) is 17.1 Å². The summed E-state index contributed by atoms with van der Waals surface area (Å²) in [5, 5.41) is 0. The van der Waals surface area contributed by atoms with Crippen LogP contribution in [0.4, 0.5) is 4.39 Å². The second-order valence-corrected chi connectivity index (χ2v) is 5.34. The van der Waals surface area contributed by atoms with Crippen LogP contribution >= 0.6 is 0 Å². The second kappa shape index (κ2) is 4.99. The lowest BCUT2D eigenvalue weighted by Crippen LogP contribution is -2.26. The highest BCUT2D eigenvalue weighted by atomic mass is 19.1. The Morgan fingerprint density at radius 2 is 2.00 bits per heavy atom. The van der Waals surface area contributed by atoms with Crippen LogP contribution in [0, 0.1) is 23.6 Å². The molecule has 0 heterocycles. The summed E-state index contributed by atoms with van der Waals surface area (Å²) in [6.45, 7) is 4.45. The van der Waals surface area contributed by atoms with Crippen molar-refractivity contribution < 1.29 is 9.18 Å². The molecular weight excluding hydrogens is 215 g/mol. The maximum absolute atomic E-state index is 13.1. The van der Waals surface area contributed by atoms with Crippen molar-refractivity contribution in [3.8, 4) is 0 Å². The number of benzene rings is 1. The molecular formula is C15H19FO. The molecule has 0 bridgehead atoms. The molecule has 0 aromatic heterocycles. The smallest absolute Gasteiger partial charge is 0.166 e. The van der Waals surface area contributed by atoms with Gasteiger partial charge in [0.15, 0.2) is 5.78 Å². The molecule has 2 rings (SSSR count). The Labute approximate surface area is 102 Å². The normalized spacial score (nSPS) is 29.0. The minimum Gasteiger partial charge on any atom is -0.294 e. The Morgan fingerprint density at radius 1 is 1.24 bits per heavy atom. The fraction of sp³-hybridized carbons (Fsp3) is 0.533. The third-order valence-corrected chi connectivity index (χ3v) is 4.08. The molecule has 0 saturated heterocycles. The summed E-state index contributed by atoms with van der Waals surface area (Å²) < 4.78 is 13.1. The summed E-state index contributed by atoms with van der Waals surface area (Å²) in [5.74, 6) is 1.16. The standard InChI is InChI=1S/C15H19FO/c1-10-6-7-13(8-11(10)2)15(17)12-4-3-5-14(16)9-12/h3-5,9-11,13H,6-8H2,1-2H3. The van der Waals surface area contributed by atoms with Gasteiger partial charge < -0.3 is 0 Å². The van der Waals surface area contributed by atoms with Crippen molar-refractivity contribution >= 4 is 5.78 Å². The first-order chi connectivity index (χ1) is 8.08. The number of Topliss-reactive ketones (excluding diaryl/α,β-unsaturated/α-hetero) is 1. The SMILES string of the molecule is CC1CCC(C(=O)c2cccc(F)c2)CC1C. The van der Waals surface area contributed by atoms with Gasteiger partial charge in [-0.05, 0) is 43.2 Å². The minimum absolute atomic E-state index is 0.0861. The summed E-state index contributed by atoms with van der Waals surface area (Å²) in [6.07, 6.45) is 2.99. The lowest BCUT2D eigenvalue weighted by atomic mass is 9.73. The molecule has 17 heavy (non-hydrogen) atoms. The van der Waals surface area contributed by atoms with E-state index in [-0.39, 0.29) is 17.5 Å². The van der Waals surface area contributed by atoms with E-state index in [0.29, 0.717) is 17.4 Å². The molecule has 1 aromatic rings. The monoisotopic (exact) mass is 234 g/mol. The summed E-state index contributed by atoms with van der Waals surface area (Å²) in [6, 6.07) is 6.05. The van der Waals surface area contributed by atoms with Crippen LogP contribution in [-0.2, 0) is 0 Å². The van der Waals surface area contributed by atoms with Crippen molar-refractivity contribution in [3.05, 3.63) is 35.6 Å². The highest BCUT2D eigenvalue weighted by Crippen LogP contribution is 2.34. The number of halogens is 1. The number of carbonyl (C=O) groups excluding carboxylic acids is 1. The van der Waals surface area contributed by atoms with E-state index in [1.807, 2.05) is 0 Å². The number of rotatable bonds is 2. The largest absolute Gasteiger partial charge is 0.294 e. The maximum atomic E-state index is 13.1. The van der Waals surface area contributed by atoms with Crippen LogP contribution in [0.15, 0.2) is 24.3 Å². The fourth-order valence-electron chi connectivity index (χ4n) is 2.66. The summed E-state index contributed by atoms with van der Waals surface area (Å²) in [7, 11) is 0. The molecule has 2 heteroatoms.